The molecule has 0 radical (unpaired) electrons. The molecule has 0 N–H and O–H groups in total. The number of carbonyl (C=O) groups excluding carboxylic acids is 1. The van der Waals surface area contributed by atoms with Crippen molar-refractivity contribution in [1.29, 1.82) is 0 Å². The van der Waals surface area contributed by atoms with Crippen molar-refractivity contribution in [3.8, 4) is 5.75 Å². The van der Waals surface area contributed by atoms with E-state index in [9.17, 15) is 18.0 Å². The summed E-state index contributed by atoms with van der Waals surface area (Å²) in [5.41, 5.74) is -0.203. The fourth-order valence-corrected chi connectivity index (χ4v) is 5.62. The molecule has 1 aliphatic rings. The Balaban J connectivity index is 1.77. The van der Waals surface area contributed by atoms with Gasteiger partial charge in [0.1, 0.15) is 11.3 Å². The van der Waals surface area contributed by atoms with Gasteiger partial charge in [-0.2, -0.15) is 0 Å². The fraction of sp³-hybridized carbons (Fsp3) is 0.444. The van der Waals surface area contributed by atoms with Crippen LogP contribution < -0.4 is 10.4 Å². The van der Waals surface area contributed by atoms with Gasteiger partial charge in [-0.15, -0.1) is 0 Å². The zero-order valence-electron chi connectivity index (χ0n) is 15.2. The van der Waals surface area contributed by atoms with Gasteiger partial charge in [0.15, 0.2) is 16.4 Å². The lowest BCUT2D eigenvalue weighted by Gasteiger charge is -2.34. The molecule has 1 fully saturated rings. The summed E-state index contributed by atoms with van der Waals surface area (Å²) < 4.78 is 34.2. The number of sulfone groups is 1. The quantitative estimate of drug-likeness (QED) is 0.713. The van der Waals surface area contributed by atoms with E-state index in [1.807, 2.05) is 0 Å². The molecular weight excluding hydrogens is 394 g/mol. The van der Waals surface area contributed by atoms with E-state index >= 15 is 0 Å². The van der Waals surface area contributed by atoms with Crippen molar-refractivity contribution in [2.75, 3.05) is 25.2 Å². The van der Waals surface area contributed by atoms with Crippen LogP contribution in [0.15, 0.2) is 27.4 Å². The molecule has 0 saturated carbocycles. The van der Waals surface area contributed by atoms with Crippen LogP contribution in [-0.4, -0.2) is 49.9 Å². The molecule has 1 aliphatic heterocycles. The summed E-state index contributed by atoms with van der Waals surface area (Å²) in [5, 5.41) is 0.962. The highest BCUT2D eigenvalue weighted by Crippen LogP contribution is 2.32. The summed E-state index contributed by atoms with van der Waals surface area (Å²) in [6.45, 7) is 3.20. The van der Waals surface area contributed by atoms with Gasteiger partial charge in [-0.05, 0) is 31.9 Å². The molecule has 9 heteroatoms. The molecule has 27 heavy (non-hydrogen) atoms. The molecule has 1 amide bonds. The number of benzene rings is 1. The minimum Gasteiger partial charge on any atom is -0.482 e. The van der Waals surface area contributed by atoms with Crippen molar-refractivity contribution in [1.82, 2.24) is 4.90 Å². The molecule has 3 rings (SSSR count). The maximum atomic E-state index is 12.5. The van der Waals surface area contributed by atoms with Crippen LogP contribution in [0.3, 0.4) is 0 Å². The zero-order chi connectivity index (χ0) is 20.0. The Bertz CT molecular complexity index is 1080. The number of carbonyl (C=O) groups is 1. The lowest BCUT2D eigenvalue weighted by Crippen LogP contribution is -2.49. The number of ether oxygens (including phenoxy) is 1. The van der Waals surface area contributed by atoms with E-state index in [1.165, 1.54) is 17.0 Å². The first kappa shape index (κ1) is 19.7. The van der Waals surface area contributed by atoms with E-state index in [1.54, 1.807) is 27.0 Å². The number of hydrogen-bond acceptors (Lipinski definition) is 6. The van der Waals surface area contributed by atoms with Gasteiger partial charge in [0.2, 0.25) is 0 Å². The lowest BCUT2D eigenvalue weighted by molar-refractivity contribution is -0.136. The smallest absolute Gasteiger partial charge is 0.336 e. The number of fused-ring (bicyclic) bond motifs is 1. The predicted octanol–water partition coefficient (Wildman–Crippen LogP) is 2.17. The third kappa shape index (κ3) is 3.96. The minimum absolute atomic E-state index is 0.0661. The molecule has 1 aromatic heterocycles. The number of hydrogen-bond donors (Lipinski definition) is 0. The van der Waals surface area contributed by atoms with E-state index < -0.39 is 21.0 Å². The Morgan fingerprint density at radius 1 is 1.37 bits per heavy atom. The van der Waals surface area contributed by atoms with Gasteiger partial charge >= 0.3 is 5.63 Å². The number of nitrogens with zero attached hydrogens (tertiary/aromatic N) is 1. The van der Waals surface area contributed by atoms with Gasteiger partial charge in [0.25, 0.3) is 5.91 Å². The molecule has 0 bridgehead atoms. The van der Waals surface area contributed by atoms with Gasteiger partial charge in [0, 0.05) is 24.6 Å². The van der Waals surface area contributed by atoms with Crippen LogP contribution in [0.4, 0.5) is 0 Å². The second kappa shape index (κ2) is 6.83. The third-order valence-electron chi connectivity index (χ3n) is 5.02. The Morgan fingerprint density at radius 3 is 2.70 bits per heavy atom. The van der Waals surface area contributed by atoms with Crippen LogP contribution in [0, 0.1) is 6.92 Å². The highest BCUT2D eigenvalue weighted by atomic mass is 35.5. The Labute approximate surface area is 161 Å². The summed E-state index contributed by atoms with van der Waals surface area (Å²) in [6.07, 6.45) is 0.388. The topological polar surface area (TPSA) is 93.9 Å². The number of aryl methyl sites for hydroxylation is 1. The molecule has 1 saturated heterocycles. The van der Waals surface area contributed by atoms with Crippen molar-refractivity contribution in [3.63, 3.8) is 0 Å². The van der Waals surface area contributed by atoms with Crippen LogP contribution in [0.1, 0.15) is 18.9 Å². The summed E-state index contributed by atoms with van der Waals surface area (Å²) in [4.78, 5) is 25.4. The van der Waals surface area contributed by atoms with Crippen molar-refractivity contribution in [2.45, 2.75) is 25.8 Å². The largest absolute Gasteiger partial charge is 0.482 e. The maximum absolute atomic E-state index is 12.5. The molecule has 1 atom stereocenters. The first-order valence-electron chi connectivity index (χ1n) is 8.35. The van der Waals surface area contributed by atoms with E-state index in [0.29, 0.717) is 17.4 Å². The number of halogens is 1. The second-order valence-corrected chi connectivity index (χ2v) is 9.70. The average molecular weight is 414 g/mol. The second-order valence-electron chi connectivity index (χ2n) is 7.11. The molecule has 0 spiro atoms. The third-order valence-corrected chi connectivity index (χ3v) is 7.20. The molecule has 0 aliphatic carbocycles. The number of rotatable bonds is 4. The molecule has 7 nitrogen and oxygen atoms in total. The molecule has 2 heterocycles. The standard InChI is InChI=1S/C18H20ClNO6S/c1-11-6-17(22)26-14-8-15(13(19)7-12(11)14)25-9-16(21)20(3)18(2)4-5-27(23,24)10-18/h6-8H,4-5,9-10H2,1-3H3/t18-/m1/s1. The first-order valence-corrected chi connectivity index (χ1v) is 10.5. The highest BCUT2D eigenvalue weighted by molar-refractivity contribution is 7.91. The van der Waals surface area contributed by atoms with E-state index in [0.717, 1.165) is 5.56 Å². The van der Waals surface area contributed by atoms with Crippen molar-refractivity contribution in [2.24, 2.45) is 0 Å². The van der Waals surface area contributed by atoms with Crippen LogP contribution >= 0.6 is 11.6 Å². The molecule has 2 aromatic rings. The Morgan fingerprint density at radius 2 is 2.07 bits per heavy atom. The summed E-state index contributed by atoms with van der Waals surface area (Å²) >= 11 is 6.22. The van der Waals surface area contributed by atoms with Crippen molar-refractivity contribution in [3.05, 3.63) is 39.2 Å². The van der Waals surface area contributed by atoms with E-state index in [4.69, 9.17) is 20.8 Å². The Hall–Kier alpha value is -2.06. The van der Waals surface area contributed by atoms with Gasteiger partial charge in [-0.1, -0.05) is 11.6 Å². The van der Waals surface area contributed by atoms with Gasteiger partial charge < -0.3 is 14.1 Å². The molecule has 0 unspecified atom stereocenters. The van der Waals surface area contributed by atoms with E-state index in [-0.39, 0.29) is 34.8 Å². The predicted molar refractivity (Wildman–Crippen MR) is 102 cm³/mol. The summed E-state index contributed by atoms with van der Waals surface area (Å²) in [7, 11) is -1.57. The fourth-order valence-electron chi connectivity index (χ4n) is 3.23. The zero-order valence-corrected chi connectivity index (χ0v) is 16.8. The molecule has 1 aromatic carbocycles. The average Bonchev–Trinajstić information content (AvgIpc) is 2.87. The van der Waals surface area contributed by atoms with Crippen LogP contribution in [0.25, 0.3) is 11.0 Å². The van der Waals surface area contributed by atoms with Crippen LogP contribution in [0.5, 0.6) is 5.75 Å². The minimum atomic E-state index is -3.14. The van der Waals surface area contributed by atoms with Crippen LogP contribution in [-0.2, 0) is 14.6 Å². The lowest BCUT2D eigenvalue weighted by atomic mass is 10.00. The Kier molecular flexibility index (Phi) is 4.98. The summed E-state index contributed by atoms with van der Waals surface area (Å²) in [5.74, 6) is -0.152. The molecular formula is C18H20ClNO6S. The maximum Gasteiger partial charge on any atom is 0.336 e. The normalized spacial score (nSPS) is 21.3. The van der Waals surface area contributed by atoms with Gasteiger partial charge in [-0.3, -0.25) is 4.79 Å². The first-order chi connectivity index (χ1) is 12.5. The number of amides is 1. The summed E-state index contributed by atoms with van der Waals surface area (Å²) in [6, 6.07) is 4.46. The van der Waals surface area contributed by atoms with E-state index in [2.05, 4.69) is 0 Å². The SMILES string of the molecule is Cc1cc(=O)oc2cc(OCC(=O)N(C)[C@]3(C)CCS(=O)(=O)C3)c(Cl)cc12. The van der Waals surface area contributed by atoms with Gasteiger partial charge in [0.05, 0.1) is 22.1 Å². The van der Waals surface area contributed by atoms with Gasteiger partial charge in [-0.25, -0.2) is 13.2 Å². The van der Waals surface area contributed by atoms with Crippen LogP contribution in [0.2, 0.25) is 5.02 Å². The highest BCUT2D eigenvalue weighted by Gasteiger charge is 2.43. The monoisotopic (exact) mass is 413 g/mol. The van der Waals surface area contributed by atoms with Crippen molar-refractivity contribution >= 4 is 38.3 Å². The number of likely N-dealkylation sites (N-methyl/N-ethyl adjacent to an activating group) is 1. The molecule has 146 valence electrons. The van der Waals surface area contributed by atoms with Crippen molar-refractivity contribution < 1.29 is 22.4 Å².